The van der Waals surface area contributed by atoms with E-state index in [4.69, 9.17) is 23.6 Å². The van der Waals surface area contributed by atoms with E-state index in [2.05, 4.69) is 98.1 Å². The highest BCUT2D eigenvalue weighted by Crippen LogP contribution is 2.38. The molecular formula is C50H82NO9P. The maximum absolute atomic E-state index is 12.7. The van der Waals surface area contributed by atoms with Crippen LogP contribution >= 0.6 is 7.82 Å². The number of esters is 2. The van der Waals surface area contributed by atoms with Crippen LogP contribution in [0.3, 0.4) is 0 Å². The molecule has 1 N–H and O–H groups in total. The van der Waals surface area contributed by atoms with E-state index in [1.54, 1.807) is 0 Å². The summed E-state index contributed by atoms with van der Waals surface area (Å²) in [5, 5.41) is 8.80. The Hall–Kier alpha value is -3.37. The van der Waals surface area contributed by atoms with E-state index in [0.717, 1.165) is 70.6 Å². The topological polar surface area (TPSA) is 131 Å². The second kappa shape index (κ2) is 42.0. The summed E-state index contributed by atoms with van der Waals surface area (Å²) in [5.41, 5.74) is 0. The standard InChI is InChI=1S/C50H82NO9P/c1-5-6-7-8-9-10-11-12-13-14-15-17-21-24-27-30-33-36-39-42-50(54)60-48(47-59-61(55,56)58-45-43-51(2,3)4)46-57-49(53)41-38-35-32-29-26-23-20-18-16-19-22-25-28-31-34-37-40-44-52/h9-10,12-13,15-17,19-20,23-25,27-29,32-33,36,48,52H,5-8,11,14,18,21-22,26,30-31,34-35,37-47H2,1-4H3/b10-9-,13-12-,17-15-,19-16-,23-20-,27-24-,28-25-,32-29-,36-33-/t48-/m1/s1. The predicted molar refractivity (Wildman–Crippen MR) is 251 cm³/mol. The Morgan fingerprint density at radius 2 is 1.00 bits per heavy atom. The zero-order valence-corrected chi connectivity index (χ0v) is 39.1. The molecule has 0 fully saturated rings. The zero-order chi connectivity index (χ0) is 45.0. The number of carbonyl (C=O) groups excluding carboxylic acids is 2. The highest BCUT2D eigenvalue weighted by Gasteiger charge is 2.21. The number of hydrogen-bond donors (Lipinski definition) is 1. The Kier molecular flexibility index (Phi) is 39.6. The molecule has 0 amide bonds. The molecule has 0 saturated carbocycles. The van der Waals surface area contributed by atoms with Gasteiger partial charge in [0.2, 0.25) is 0 Å². The van der Waals surface area contributed by atoms with Crippen molar-refractivity contribution in [3.63, 3.8) is 0 Å². The van der Waals surface area contributed by atoms with Gasteiger partial charge >= 0.3 is 11.9 Å². The van der Waals surface area contributed by atoms with E-state index in [1.807, 2.05) is 39.4 Å². The number of quaternary nitrogens is 1. The number of phosphoric ester groups is 1. The number of likely N-dealkylation sites (N-methyl/N-ethyl adjacent to an activating group) is 1. The third kappa shape index (κ3) is 46.0. The summed E-state index contributed by atoms with van der Waals surface area (Å²) in [4.78, 5) is 37.5. The molecule has 0 rings (SSSR count). The van der Waals surface area contributed by atoms with Crippen molar-refractivity contribution < 1.29 is 47.2 Å². The van der Waals surface area contributed by atoms with E-state index >= 15 is 0 Å². The molecule has 0 aliphatic heterocycles. The van der Waals surface area contributed by atoms with E-state index in [9.17, 15) is 19.0 Å². The second-order valence-electron chi connectivity index (χ2n) is 15.8. The van der Waals surface area contributed by atoms with Gasteiger partial charge in [-0.05, 0) is 96.3 Å². The van der Waals surface area contributed by atoms with Gasteiger partial charge in [-0.2, -0.15) is 0 Å². The molecule has 0 aromatic carbocycles. The molecule has 0 aliphatic carbocycles. The molecular weight excluding hydrogens is 790 g/mol. The smallest absolute Gasteiger partial charge is 0.306 e. The first-order chi connectivity index (χ1) is 29.5. The molecule has 0 radical (unpaired) electrons. The van der Waals surface area contributed by atoms with Crippen LogP contribution in [0.4, 0.5) is 0 Å². The van der Waals surface area contributed by atoms with Gasteiger partial charge in [0.25, 0.3) is 7.82 Å². The van der Waals surface area contributed by atoms with Gasteiger partial charge in [0, 0.05) is 19.4 Å². The summed E-state index contributed by atoms with van der Waals surface area (Å²) in [6, 6.07) is 0. The average molecular weight is 872 g/mol. The van der Waals surface area contributed by atoms with Gasteiger partial charge in [-0.25, -0.2) is 0 Å². The number of aliphatic hydroxyl groups is 1. The lowest BCUT2D eigenvalue weighted by Crippen LogP contribution is -2.37. The largest absolute Gasteiger partial charge is 0.756 e. The van der Waals surface area contributed by atoms with Crippen LogP contribution in [0.25, 0.3) is 0 Å². The minimum Gasteiger partial charge on any atom is -0.756 e. The monoisotopic (exact) mass is 872 g/mol. The predicted octanol–water partition coefficient (Wildman–Crippen LogP) is 11.5. The number of unbranched alkanes of at least 4 members (excludes halogenated alkanes) is 7. The van der Waals surface area contributed by atoms with Crippen molar-refractivity contribution in [3.8, 4) is 0 Å². The number of aliphatic hydroxyl groups excluding tert-OH is 1. The molecule has 61 heavy (non-hydrogen) atoms. The summed E-state index contributed by atoms with van der Waals surface area (Å²) in [6.07, 6.45) is 54.4. The fraction of sp³-hybridized carbons (Fsp3) is 0.600. The van der Waals surface area contributed by atoms with Gasteiger partial charge in [-0.15, -0.1) is 0 Å². The maximum Gasteiger partial charge on any atom is 0.306 e. The number of rotatable bonds is 40. The number of hydrogen-bond acceptors (Lipinski definition) is 9. The van der Waals surface area contributed by atoms with Crippen molar-refractivity contribution >= 4 is 19.8 Å². The molecule has 11 heteroatoms. The van der Waals surface area contributed by atoms with Gasteiger partial charge in [0.15, 0.2) is 6.10 Å². The van der Waals surface area contributed by atoms with Crippen molar-refractivity contribution in [2.24, 2.45) is 0 Å². The Morgan fingerprint density at radius 1 is 0.557 bits per heavy atom. The van der Waals surface area contributed by atoms with Gasteiger partial charge in [-0.1, -0.05) is 136 Å². The van der Waals surface area contributed by atoms with E-state index in [0.29, 0.717) is 30.3 Å². The molecule has 0 heterocycles. The van der Waals surface area contributed by atoms with Crippen LogP contribution in [0.2, 0.25) is 0 Å². The van der Waals surface area contributed by atoms with Crippen molar-refractivity contribution in [1.82, 2.24) is 0 Å². The highest BCUT2D eigenvalue weighted by molar-refractivity contribution is 7.45. The summed E-state index contributed by atoms with van der Waals surface area (Å²) in [6.45, 7) is 2.02. The fourth-order valence-electron chi connectivity index (χ4n) is 5.25. The summed E-state index contributed by atoms with van der Waals surface area (Å²) >= 11 is 0. The van der Waals surface area contributed by atoms with Crippen LogP contribution in [0.5, 0.6) is 0 Å². The minimum absolute atomic E-state index is 0.0637. The van der Waals surface area contributed by atoms with Crippen LogP contribution in [-0.4, -0.2) is 81.7 Å². The fourth-order valence-corrected chi connectivity index (χ4v) is 5.98. The molecule has 0 aliphatic rings. The Balaban J connectivity index is 4.58. The third-order valence-electron chi connectivity index (χ3n) is 8.83. The van der Waals surface area contributed by atoms with E-state index in [-0.39, 0.29) is 32.7 Å². The molecule has 346 valence electrons. The molecule has 0 aromatic heterocycles. The number of nitrogens with zero attached hydrogens (tertiary/aromatic N) is 1. The van der Waals surface area contributed by atoms with Crippen LogP contribution in [0.15, 0.2) is 109 Å². The molecule has 0 bridgehead atoms. The second-order valence-corrected chi connectivity index (χ2v) is 17.2. The van der Waals surface area contributed by atoms with Crippen LogP contribution < -0.4 is 4.89 Å². The highest BCUT2D eigenvalue weighted by atomic mass is 31.2. The SMILES string of the molecule is CCCCC/C=C\C/C=C\C/C=C\C/C=C\C/C=C\CCC(=O)O[C@H](COC(=O)CCC/C=C\C/C=C\C/C=C\C/C=C\CCCCCO)COP(=O)([O-])OCC[N+](C)(C)C. The van der Waals surface area contributed by atoms with E-state index in [1.165, 1.54) is 25.7 Å². The first-order valence-electron chi connectivity index (χ1n) is 22.7. The van der Waals surface area contributed by atoms with Crippen molar-refractivity contribution in [2.45, 2.75) is 141 Å². The third-order valence-corrected chi connectivity index (χ3v) is 9.80. The number of ether oxygens (including phenoxy) is 2. The minimum atomic E-state index is -4.67. The van der Waals surface area contributed by atoms with Crippen LogP contribution in [0, 0.1) is 0 Å². The number of allylic oxidation sites excluding steroid dienone is 18. The van der Waals surface area contributed by atoms with Crippen molar-refractivity contribution in [2.75, 3.05) is 54.1 Å². The molecule has 0 saturated heterocycles. The summed E-state index contributed by atoms with van der Waals surface area (Å²) in [7, 11) is 1.05. The van der Waals surface area contributed by atoms with Crippen molar-refractivity contribution in [1.29, 1.82) is 0 Å². The quantitative estimate of drug-likeness (QED) is 0.0210. The Morgan fingerprint density at radius 3 is 1.46 bits per heavy atom. The lowest BCUT2D eigenvalue weighted by Gasteiger charge is -2.28. The molecule has 1 unspecified atom stereocenters. The maximum atomic E-state index is 12.7. The molecule has 0 spiro atoms. The summed E-state index contributed by atoms with van der Waals surface area (Å²) < 4.78 is 33.7. The first-order valence-corrected chi connectivity index (χ1v) is 24.2. The average Bonchev–Trinajstić information content (AvgIpc) is 3.21. The molecule has 10 nitrogen and oxygen atoms in total. The zero-order valence-electron chi connectivity index (χ0n) is 38.3. The first kappa shape index (κ1) is 57.6. The van der Waals surface area contributed by atoms with Gasteiger partial charge in [-0.3, -0.25) is 14.2 Å². The Labute approximate surface area is 370 Å². The summed E-state index contributed by atoms with van der Waals surface area (Å²) in [5.74, 6) is -1.02. The lowest BCUT2D eigenvalue weighted by atomic mass is 10.2. The molecule has 0 aromatic rings. The lowest BCUT2D eigenvalue weighted by molar-refractivity contribution is -0.870. The van der Waals surface area contributed by atoms with Gasteiger partial charge in [0.1, 0.15) is 19.8 Å². The Bertz CT molecular complexity index is 1400. The van der Waals surface area contributed by atoms with Crippen molar-refractivity contribution in [3.05, 3.63) is 109 Å². The number of carbonyl (C=O) groups is 2. The van der Waals surface area contributed by atoms with Crippen LogP contribution in [0.1, 0.15) is 135 Å². The number of phosphoric acid groups is 1. The van der Waals surface area contributed by atoms with Gasteiger partial charge in [0.05, 0.1) is 27.7 Å². The molecule has 2 atom stereocenters. The van der Waals surface area contributed by atoms with Crippen LogP contribution in [-0.2, 0) is 32.7 Å². The normalized spacial score (nSPS) is 14.5. The van der Waals surface area contributed by atoms with Gasteiger partial charge < -0.3 is 33.0 Å². The van der Waals surface area contributed by atoms with E-state index < -0.39 is 32.5 Å².